The van der Waals surface area contributed by atoms with Gasteiger partial charge in [0.2, 0.25) is 5.91 Å². The van der Waals surface area contributed by atoms with Crippen molar-refractivity contribution in [2.45, 2.75) is 99.4 Å². The fraction of sp³-hybridized carbons (Fsp3) is 0.545. The Hall–Kier alpha value is -2.85. The first kappa shape index (κ1) is 42.3. The van der Waals surface area contributed by atoms with Crippen LogP contribution in [0.3, 0.4) is 0 Å². The zero-order chi connectivity index (χ0) is 33.7. The highest BCUT2D eigenvalue weighted by Gasteiger charge is 2.15. The third-order valence-electron chi connectivity index (χ3n) is 6.04. The van der Waals surface area contributed by atoms with Gasteiger partial charge in [-0.05, 0) is 62.5 Å². The van der Waals surface area contributed by atoms with E-state index in [1.54, 1.807) is 18.7 Å². The van der Waals surface area contributed by atoms with Crippen molar-refractivity contribution < 1.29 is 32.7 Å². The smallest absolute Gasteiger partial charge is 0.306 e. The molecule has 2 aromatic carbocycles. The number of hydrogen-bond donors (Lipinski definition) is 3. The number of carbonyl (C=O) groups is 3. The van der Waals surface area contributed by atoms with Crippen LogP contribution in [-0.2, 0) is 27.3 Å². The number of nitrogens with two attached hydrogens (primary N) is 1. The number of Topliss-reactive ketones (excluding diaryl/α,β-unsaturated/α-hetero) is 1. The fourth-order valence-corrected chi connectivity index (χ4v) is 3.96. The predicted octanol–water partition coefficient (Wildman–Crippen LogP) is 7.49. The van der Waals surface area contributed by atoms with Crippen LogP contribution in [0.25, 0.3) is 0 Å². The zero-order valence-corrected chi connectivity index (χ0v) is 27.9. The number of aliphatic carboxylic acids is 1. The molecule has 1 amide bonds. The molecular weight excluding hydrogens is 577 g/mol. The molecule has 0 radical (unpaired) electrons. The molecule has 3 unspecified atom stereocenters. The lowest BCUT2D eigenvalue weighted by molar-refractivity contribution is -0.142. The van der Waals surface area contributed by atoms with Gasteiger partial charge in [-0.1, -0.05) is 71.4 Å². The molecule has 0 aliphatic rings. The summed E-state index contributed by atoms with van der Waals surface area (Å²) in [6.45, 7) is 17.7. The number of carbonyl (C=O) groups excluding carboxylic acids is 2. The van der Waals surface area contributed by atoms with Crippen LogP contribution in [0.5, 0.6) is 0 Å². The Morgan fingerprint density at radius 1 is 0.953 bits per heavy atom. The van der Waals surface area contributed by atoms with Crippen molar-refractivity contribution in [2.75, 3.05) is 5.75 Å². The van der Waals surface area contributed by atoms with E-state index in [0.717, 1.165) is 23.8 Å². The number of carboxylic acids is 1. The second kappa shape index (κ2) is 23.6. The Morgan fingerprint density at radius 2 is 1.49 bits per heavy atom. The number of carboxylic acid groups (broad SMARTS) is 1. The van der Waals surface area contributed by atoms with E-state index < -0.39 is 29.5 Å². The summed E-state index contributed by atoms with van der Waals surface area (Å²) >= 11 is 1.71. The van der Waals surface area contributed by atoms with E-state index in [2.05, 4.69) is 43.4 Å². The number of halogens is 3. The first-order valence-electron chi connectivity index (χ1n) is 14.6. The zero-order valence-electron chi connectivity index (χ0n) is 27.1. The Balaban J connectivity index is 0. The average Bonchev–Trinajstić information content (AvgIpc) is 2.94. The van der Waals surface area contributed by atoms with Gasteiger partial charge in [0, 0.05) is 25.1 Å². The van der Waals surface area contributed by atoms with Gasteiger partial charge in [0.1, 0.15) is 11.6 Å². The van der Waals surface area contributed by atoms with Crippen LogP contribution in [0.4, 0.5) is 13.2 Å². The number of amides is 1. The molecule has 244 valence electrons. The van der Waals surface area contributed by atoms with Gasteiger partial charge in [-0.15, -0.1) is 11.8 Å². The van der Waals surface area contributed by atoms with E-state index >= 15 is 0 Å². The molecule has 0 aliphatic heterocycles. The number of hydrogen-bond acceptors (Lipinski definition) is 5. The number of aryl methyl sites for hydroxylation is 1. The molecule has 43 heavy (non-hydrogen) atoms. The number of thioether (sulfide) groups is 1. The lowest BCUT2D eigenvalue weighted by Crippen LogP contribution is -2.30. The van der Waals surface area contributed by atoms with Crippen LogP contribution in [0.2, 0.25) is 0 Å². The van der Waals surface area contributed by atoms with Crippen molar-refractivity contribution in [3.05, 3.63) is 70.5 Å². The summed E-state index contributed by atoms with van der Waals surface area (Å²) in [5, 5.41) is 11.4. The first-order valence-corrected chi connectivity index (χ1v) is 15.7. The van der Waals surface area contributed by atoms with Crippen molar-refractivity contribution in [1.29, 1.82) is 0 Å². The largest absolute Gasteiger partial charge is 0.481 e. The van der Waals surface area contributed by atoms with Crippen molar-refractivity contribution in [3.63, 3.8) is 0 Å². The first-order chi connectivity index (χ1) is 20.1. The van der Waals surface area contributed by atoms with Crippen LogP contribution < -0.4 is 11.1 Å². The predicted molar refractivity (Wildman–Crippen MR) is 172 cm³/mol. The van der Waals surface area contributed by atoms with Crippen molar-refractivity contribution in [2.24, 2.45) is 17.6 Å². The topological polar surface area (TPSA) is 109 Å². The molecule has 6 nitrogen and oxygen atoms in total. The molecule has 0 saturated heterocycles. The van der Waals surface area contributed by atoms with Crippen LogP contribution >= 0.6 is 11.8 Å². The maximum atomic E-state index is 13.2. The van der Waals surface area contributed by atoms with E-state index in [1.165, 1.54) is 12.5 Å². The molecule has 0 bridgehead atoms. The second-order valence-electron chi connectivity index (χ2n) is 10.3. The Kier molecular flexibility index (Phi) is 23.2. The number of nitrogens with one attached hydrogen (secondary N) is 1. The molecule has 3 atom stereocenters. The monoisotopic (exact) mass is 628 g/mol. The summed E-state index contributed by atoms with van der Waals surface area (Å²) in [4.78, 5) is 32.6. The molecule has 0 fully saturated rings. The van der Waals surface area contributed by atoms with E-state index in [0.29, 0.717) is 12.6 Å². The van der Waals surface area contributed by atoms with Crippen LogP contribution in [0.15, 0.2) is 36.4 Å². The van der Waals surface area contributed by atoms with Crippen LogP contribution in [0.1, 0.15) is 84.9 Å². The molecule has 2 rings (SSSR count). The summed E-state index contributed by atoms with van der Waals surface area (Å²) in [5.41, 5.74) is 7.93. The molecule has 0 saturated carbocycles. The molecule has 0 spiro atoms. The number of rotatable bonds is 12. The summed E-state index contributed by atoms with van der Waals surface area (Å²) in [5.74, 6) is -2.84. The Labute approximate surface area is 260 Å². The minimum absolute atomic E-state index is 0.00259. The van der Waals surface area contributed by atoms with Gasteiger partial charge in [-0.2, -0.15) is 0 Å². The van der Waals surface area contributed by atoms with E-state index in [-0.39, 0.29) is 47.2 Å². The third kappa shape index (κ3) is 19.9. The van der Waals surface area contributed by atoms with Gasteiger partial charge in [-0.3, -0.25) is 14.4 Å². The van der Waals surface area contributed by atoms with Gasteiger partial charge in [-0.25, -0.2) is 13.2 Å². The van der Waals surface area contributed by atoms with Crippen molar-refractivity contribution in [3.8, 4) is 0 Å². The van der Waals surface area contributed by atoms with E-state index in [4.69, 9.17) is 10.8 Å². The van der Waals surface area contributed by atoms with Crippen LogP contribution in [-0.4, -0.2) is 39.8 Å². The summed E-state index contributed by atoms with van der Waals surface area (Å²) in [7, 11) is 0. The SMILES string of the molecule is CC.CC(=O)CC(N)Cc1cc(F)c(F)cc1F.CC(C)C(C)C(=O)O.CCCSC(C)C(=O)NCc1ccc(C)cc1. The number of ketones is 1. The van der Waals surface area contributed by atoms with Gasteiger partial charge < -0.3 is 16.2 Å². The molecule has 0 heterocycles. The van der Waals surface area contributed by atoms with Crippen molar-refractivity contribution in [1.82, 2.24) is 5.32 Å². The highest BCUT2D eigenvalue weighted by Crippen LogP contribution is 2.16. The van der Waals surface area contributed by atoms with E-state index in [9.17, 15) is 27.6 Å². The highest BCUT2D eigenvalue weighted by molar-refractivity contribution is 8.00. The van der Waals surface area contributed by atoms with Gasteiger partial charge in [0.25, 0.3) is 0 Å². The van der Waals surface area contributed by atoms with E-state index in [1.807, 2.05) is 34.6 Å². The fourth-order valence-electron chi connectivity index (χ4n) is 3.14. The molecule has 4 N–H and O–H groups in total. The standard InChI is InChI=1S/C14H21NOS.C11H12F3NO.C6H12O2.C2H6/c1-4-9-17-12(3)14(16)15-10-13-7-5-11(2)6-8-13;1-6(16)2-8(15)3-7-4-10(13)11(14)5-9(7)12;1-4(2)5(3)6(7)8;1-2/h5-8,12H,4,9-10H2,1-3H3,(H,15,16);4-5,8H,2-3,15H2,1H3;4-5H,1-3H3,(H,7,8);1-2H3. The maximum Gasteiger partial charge on any atom is 0.306 e. The molecule has 2 aromatic rings. The number of benzene rings is 2. The lowest BCUT2D eigenvalue weighted by atomic mass is 9.99. The molecular formula is C33H51F3N2O4S. The molecule has 0 aromatic heterocycles. The third-order valence-corrected chi connectivity index (χ3v) is 7.40. The second-order valence-corrected chi connectivity index (χ2v) is 11.8. The lowest BCUT2D eigenvalue weighted by Gasteiger charge is -2.11. The average molecular weight is 629 g/mol. The molecule has 10 heteroatoms. The van der Waals surface area contributed by atoms with Gasteiger partial charge in [0.05, 0.1) is 11.2 Å². The molecule has 0 aliphatic carbocycles. The minimum Gasteiger partial charge on any atom is -0.481 e. The van der Waals surface area contributed by atoms with Crippen LogP contribution in [0, 0.1) is 36.2 Å². The van der Waals surface area contributed by atoms with Gasteiger partial charge in [0.15, 0.2) is 11.6 Å². The quantitative estimate of drug-likeness (QED) is 0.210. The highest BCUT2D eigenvalue weighted by atomic mass is 32.2. The van der Waals surface area contributed by atoms with Gasteiger partial charge >= 0.3 is 5.97 Å². The summed E-state index contributed by atoms with van der Waals surface area (Å²) < 4.78 is 38.6. The summed E-state index contributed by atoms with van der Waals surface area (Å²) in [6.07, 6.45) is 1.20. The summed E-state index contributed by atoms with van der Waals surface area (Å²) in [6, 6.07) is 8.90. The maximum absolute atomic E-state index is 13.2. The minimum atomic E-state index is -1.23. The Morgan fingerprint density at radius 3 is 1.93 bits per heavy atom. The normalized spacial score (nSPS) is 12.2. The Bertz CT molecular complexity index is 1100. The van der Waals surface area contributed by atoms with Crippen molar-refractivity contribution >= 4 is 29.4 Å².